The zero-order chi connectivity index (χ0) is 14.8. The Balaban J connectivity index is 2.34. The molecule has 1 aliphatic rings. The van der Waals surface area contributed by atoms with Gasteiger partial charge in [0.2, 0.25) is 0 Å². The fourth-order valence-corrected chi connectivity index (χ4v) is 2.81. The predicted molar refractivity (Wildman–Crippen MR) is 84.8 cm³/mol. The molecule has 0 spiro atoms. The SMILES string of the molecule is CCCCCCCCC(=O)C(OC)C1C=CCC=C1C. The van der Waals surface area contributed by atoms with Crippen molar-refractivity contribution < 1.29 is 9.53 Å². The van der Waals surface area contributed by atoms with Crippen LogP contribution in [0.15, 0.2) is 23.8 Å². The lowest BCUT2D eigenvalue weighted by molar-refractivity contribution is -0.130. The Kier molecular flexibility index (Phi) is 8.52. The first-order chi connectivity index (χ1) is 9.70. The van der Waals surface area contributed by atoms with Gasteiger partial charge in [-0.1, -0.05) is 62.8 Å². The minimum Gasteiger partial charge on any atom is -0.373 e. The molecular formula is C18H30O2. The lowest BCUT2D eigenvalue weighted by atomic mass is 9.86. The van der Waals surface area contributed by atoms with Crippen LogP contribution in [0.25, 0.3) is 0 Å². The second-order valence-corrected chi connectivity index (χ2v) is 5.78. The Bertz CT molecular complexity index is 341. The van der Waals surface area contributed by atoms with Gasteiger partial charge >= 0.3 is 0 Å². The number of hydrogen-bond donors (Lipinski definition) is 0. The number of hydrogen-bond acceptors (Lipinski definition) is 2. The average molecular weight is 278 g/mol. The number of methoxy groups -OCH3 is 1. The van der Waals surface area contributed by atoms with Gasteiger partial charge < -0.3 is 4.74 Å². The van der Waals surface area contributed by atoms with Gasteiger partial charge in [0.05, 0.1) is 0 Å². The molecule has 0 radical (unpaired) electrons. The van der Waals surface area contributed by atoms with E-state index in [9.17, 15) is 4.79 Å². The molecule has 2 unspecified atom stereocenters. The number of rotatable bonds is 10. The highest BCUT2D eigenvalue weighted by Crippen LogP contribution is 2.25. The summed E-state index contributed by atoms with van der Waals surface area (Å²) < 4.78 is 5.48. The van der Waals surface area contributed by atoms with Gasteiger partial charge in [0, 0.05) is 19.4 Å². The standard InChI is InChI=1S/C18H30O2/c1-4-5-6-7-8-9-14-17(19)18(20-3)16-13-11-10-12-15(16)2/h11-13,16,18H,4-10,14H2,1-3H3. The van der Waals surface area contributed by atoms with E-state index in [1.165, 1.54) is 31.3 Å². The first kappa shape index (κ1) is 17.2. The Morgan fingerprint density at radius 1 is 1.30 bits per heavy atom. The van der Waals surface area contributed by atoms with Crippen LogP contribution in [0.2, 0.25) is 0 Å². The molecule has 0 amide bonds. The molecule has 0 bridgehead atoms. The maximum Gasteiger partial charge on any atom is 0.162 e. The molecule has 2 heteroatoms. The van der Waals surface area contributed by atoms with Gasteiger partial charge in [0.1, 0.15) is 6.10 Å². The lowest BCUT2D eigenvalue weighted by Crippen LogP contribution is -2.32. The van der Waals surface area contributed by atoms with E-state index in [2.05, 4.69) is 32.1 Å². The summed E-state index contributed by atoms with van der Waals surface area (Å²) in [5, 5.41) is 0. The molecule has 20 heavy (non-hydrogen) atoms. The summed E-state index contributed by atoms with van der Waals surface area (Å²) in [6.07, 6.45) is 15.1. The van der Waals surface area contributed by atoms with Crippen LogP contribution in [0.1, 0.15) is 65.2 Å². The van der Waals surface area contributed by atoms with Crippen LogP contribution in [0, 0.1) is 5.92 Å². The van der Waals surface area contributed by atoms with Gasteiger partial charge in [-0.05, 0) is 19.8 Å². The van der Waals surface area contributed by atoms with Crippen molar-refractivity contribution in [2.75, 3.05) is 7.11 Å². The first-order valence-electron chi connectivity index (χ1n) is 8.09. The van der Waals surface area contributed by atoms with E-state index in [-0.39, 0.29) is 17.8 Å². The van der Waals surface area contributed by atoms with E-state index < -0.39 is 0 Å². The molecule has 0 aromatic rings. The molecule has 0 heterocycles. The second-order valence-electron chi connectivity index (χ2n) is 5.78. The number of unbranched alkanes of at least 4 members (excludes halogenated alkanes) is 5. The third kappa shape index (κ3) is 5.62. The van der Waals surface area contributed by atoms with E-state index in [0.29, 0.717) is 6.42 Å². The minimum atomic E-state index is -0.293. The Morgan fingerprint density at radius 2 is 2.00 bits per heavy atom. The monoisotopic (exact) mass is 278 g/mol. The zero-order valence-corrected chi connectivity index (χ0v) is 13.4. The van der Waals surface area contributed by atoms with Gasteiger partial charge in [-0.25, -0.2) is 0 Å². The van der Waals surface area contributed by atoms with Crippen molar-refractivity contribution in [1.82, 2.24) is 0 Å². The summed E-state index contributed by atoms with van der Waals surface area (Å²) in [5.41, 5.74) is 1.26. The molecule has 2 atom stereocenters. The van der Waals surface area contributed by atoms with Gasteiger partial charge in [-0.15, -0.1) is 0 Å². The number of ether oxygens (including phenoxy) is 1. The normalized spacial score (nSPS) is 19.8. The minimum absolute atomic E-state index is 0.140. The van der Waals surface area contributed by atoms with E-state index in [1.54, 1.807) is 7.11 Å². The molecule has 0 saturated heterocycles. The molecule has 1 aliphatic carbocycles. The number of carbonyl (C=O) groups is 1. The largest absolute Gasteiger partial charge is 0.373 e. The number of ketones is 1. The van der Waals surface area contributed by atoms with Crippen molar-refractivity contribution in [2.45, 2.75) is 71.3 Å². The van der Waals surface area contributed by atoms with Crippen molar-refractivity contribution in [3.63, 3.8) is 0 Å². The molecule has 0 fully saturated rings. The molecule has 0 aromatic carbocycles. The summed E-state index contributed by atoms with van der Waals surface area (Å²) in [4.78, 5) is 12.3. The molecule has 0 N–H and O–H groups in total. The highest BCUT2D eigenvalue weighted by molar-refractivity contribution is 5.84. The Morgan fingerprint density at radius 3 is 2.65 bits per heavy atom. The maximum absolute atomic E-state index is 12.3. The van der Waals surface area contributed by atoms with Crippen molar-refractivity contribution in [1.29, 1.82) is 0 Å². The number of allylic oxidation sites excluding steroid dienone is 2. The molecule has 0 saturated carbocycles. The quantitative estimate of drug-likeness (QED) is 0.422. The summed E-state index contributed by atoms with van der Waals surface area (Å²) in [6.45, 7) is 4.32. The highest BCUT2D eigenvalue weighted by Gasteiger charge is 2.27. The Hall–Kier alpha value is -0.890. The number of carbonyl (C=O) groups excluding carboxylic acids is 1. The summed E-state index contributed by atoms with van der Waals surface area (Å²) >= 11 is 0. The van der Waals surface area contributed by atoms with Crippen LogP contribution >= 0.6 is 0 Å². The molecule has 2 nitrogen and oxygen atoms in total. The zero-order valence-electron chi connectivity index (χ0n) is 13.4. The van der Waals surface area contributed by atoms with Crippen LogP contribution in [-0.2, 0) is 9.53 Å². The van der Waals surface area contributed by atoms with Crippen LogP contribution < -0.4 is 0 Å². The van der Waals surface area contributed by atoms with Gasteiger partial charge in [-0.2, -0.15) is 0 Å². The summed E-state index contributed by atoms with van der Waals surface area (Å²) in [6, 6.07) is 0. The van der Waals surface area contributed by atoms with Crippen molar-refractivity contribution >= 4 is 5.78 Å². The maximum atomic E-state index is 12.3. The molecule has 114 valence electrons. The first-order valence-corrected chi connectivity index (χ1v) is 8.09. The van der Waals surface area contributed by atoms with Crippen molar-refractivity contribution in [2.24, 2.45) is 5.92 Å². The van der Waals surface area contributed by atoms with E-state index in [1.807, 2.05) is 0 Å². The third-order valence-corrected chi connectivity index (χ3v) is 4.12. The molecule has 0 aliphatic heterocycles. The van der Waals surface area contributed by atoms with Crippen LogP contribution in [-0.4, -0.2) is 19.0 Å². The molecule has 0 aromatic heterocycles. The smallest absolute Gasteiger partial charge is 0.162 e. The topological polar surface area (TPSA) is 26.3 Å². The predicted octanol–water partition coefficient (Wildman–Crippen LogP) is 4.84. The van der Waals surface area contributed by atoms with E-state index in [4.69, 9.17) is 4.74 Å². The fraction of sp³-hybridized carbons (Fsp3) is 0.722. The Labute approximate surface area is 124 Å². The van der Waals surface area contributed by atoms with Crippen LogP contribution in [0.5, 0.6) is 0 Å². The average Bonchev–Trinajstić information content (AvgIpc) is 2.45. The molecular weight excluding hydrogens is 248 g/mol. The lowest BCUT2D eigenvalue weighted by Gasteiger charge is -2.25. The highest BCUT2D eigenvalue weighted by atomic mass is 16.5. The summed E-state index contributed by atoms with van der Waals surface area (Å²) in [7, 11) is 1.65. The van der Waals surface area contributed by atoms with Gasteiger partial charge in [0.15, 0.2) is 5.78 Å². The van der Waals surface area contributed by atoms with Crippen LogP contribution in [0.4, 0.5) is 0 Å². The number of Topliss-reactive ketones (excluding diaryl/α,β-unsaturated/α-hetero) is 1. The van der Waals surface area contributed by atoms with Gasteiger partial charge in [0.25, 0.3) is 0 Å². The second kappa shape index (κ2) is 9.93. The summed E-state index contributed by atoms with van der Waals surface area (Å²) in [5.74, 6) is 0.397. The van der Waals surface area contributed by atoms with E-state index in [0.717, 1.165) is 19.3 Å². The molecule has 1 rings (SSSR count). The van der Waals surface area contributed by atoms with Crippen molar-refractivity contribution in [3.05, 3.63) is 23.8 Å². The van der Waals surface area contributed by atoms with Crippen molar-refractivity contribution in [3.8, 4) is 0 Å². The van der Waals surface area contributed by atoms with E-state index >= 15 is 0 Å². The third-order valence-electron chi connectivity index (χ3n) is 4.12. The van der Waals surface area contributed by atoms with Gasteiger partial charge in [-0.3, -0.25) is 4.79 Å². The fourth-order valence-electron chi connectivity index (χ4n) is 2.81. The van der Waals surface area contributed by atoms with Crippen LogP contribution in [0.3, 0.4) is 0 Å².